The topological polar surface area (TPSA) is 110 Å². The highest BCUT2D eigenvalue weighted by molar-refractivity contribution is 5.57. The third-order valence-corrected chi connectivity index (χ3v) is 7.58. The van der Waals surface area contributed by atoms with E-state index in [1.807, 2.05) is 42.5 Å². The molecule has 0 heterocycles. The first-order valence-corrected chi connectivity index (χ1v) is 13.8. The fourth-order valence-electron chi connectivity index (χ4n) is 5.37. The van der Waals surface area contributed by atoms with Crippen molar-refractivity contribution in [2.45, 2.75) is 32.1 Å². The number of rotatable bonds is 10. The highest BCUT2D eigenvalue weighted by atomic mass is 16.5. The van der Waals surface area contributed by atoms with Crippen LogP contribution in [0.2, 0.25) is 0 Å². The molecule has 5 aromatic rings. The Morgan fingerprint density at radius 1 is 0.452 bits per heavy atom. The summed E-state index contributed by atoms with van der Waals surface area (Å²) < 4.78 is 5.95. The van der Waals surface area contributed by atoms with E-state index in [4.69, 9.17) is 4.74 Å². The smallest absolute Gasteiger partial charge is 0.129 e. The van der Waals surface area contributed by atoms with Crippen molar-refractivity contribution in [1.82, 2.24) is 0 Å². The van der Waals surface area contributed by atoms with Gasteiger partial charge in [-0.15, -0.1) is 0 Å². The third-order valence-electron chi connectivity index (χ3n) is 7.58. The van der Waals surface area contributed by atoms with Crippen LogP contribution in [0.3, 0.4) is 0 Å². The van der Waals surface area contributed by atoms with Crippen molar-refractivity contribution >= 4 is 0 Å². The fraction of sp³-hybridized carbons (Fsp3) is 0.167. The highest BCUT2D eigenvalue weighted by Gasteiger charge is 2.20. The lowest BCUT2D eigenvalue weighted by Gasteiger charge is -2.20. The van der Waals surface area contributed by atoms with Gasteiger partial charge in [-0.2, -0.15) is 0 Å². The number of phenolic OH excluding ortho intramolecular Hbond substituents is 5. The Labute approximate surface area is 245 Å². The second-order valence-corrected chi connectivity index (χ2v) is 10.5. The average molecular weight is 563 g/mol. The van der Waals surface area contributed by atoms with E-state index in [1.54, 1.807) is 61.7 Å². The maximum absolute atomic E-state index is 11.2. The first kappa shape index (κ1) is 28.4. The molecule has 0 spiro atoms. The van der Waals surface area contributed by atoms with Crippen molar-refractivity contribution in [1.29, 1.82) is 0 Å². The minimum Gasteiger partial charge on any atom is -0.508 e. The van der Waals surface area contributed by atoms with E-state index in [1.165, 1.54) is 0 Å². The summed E-state index contributed by atoms with van der Waals surface area (Å²) in [7, 11) is 1.60. The maximum Gasteiger partial charge on any atom is 0.129 e. The van der Waals surface area contributed by atoms with Crippen LogP contribution in [-0.4, -0.2) is 32.6 Å². The van der Waals surface area contributed by atoms with E-state index in [-0.39, 0.29) is 28.7 Å². The number of phenols is 5. The number of aryl methyl sites for hydroxylation is 2. The van der Waals surface area contributed by atoms with Crippen LogP contribution >= 0.6 is 0 Å². The van der Waals surface area contributed by atoms with Crippen molar-refractivity contribution < 1.29 is 30.3 Å². The Morgan fingerprint density at radius 2 is 0.905 bits per heavy atom. The molecule has 0 aliphatic rings. The van der Waals surface area contributed by atoms with Gasteiger partial charge >= 0.3 is 0 Å². The SMILES string of the molecule is COc1c(Cc2ccc(O)cc2)c(O)cc(CCc2cc(O)ccc2Cc2ccc(O)cc2)c1Cc1ccc(O)cc1. The van der Waals surface area contributed by atoms with Crippen LogP contribution in [0.5, 0.6) is 34.5 Å². The molecule has 42 heavy (non-hydrogen) atoms. The maximum atomic E-state index is 11.2. The molecule has 5 aromatic carbocycles. The molecule has 0 aliphatic carbocycles. The fourth-order valence-corrected chi connectivity index (χ4v) is 5.37. The summed E-state index contributed by atoms with van der Waals surface area (Å²) in [6, 6.07) is 28.2. The lowest BCUT2D eigenvalue weighted by Crippen LogP contribution is -2.06. The van der Waals surface area contributed by atoms with Gasteiger partial charge in [0.15, 0.2) is 0 Å². The van der Waals surface area contributed by atoms with Crippen LogP contribution in [0.1, 0.15) is 44.5 Å². The average Bonchev–Trinajstić information content (AvgIpc) is 2.98. The molecule has 5 rings (SSSR count). The summed E-state index contributed by atoms with van der Waals surface area (Å²) in [5.74, 6) is 1.50. The number of ether oxygens (including phenoxy) is 1. The molecule has 0 fully saturated rings. The molecular weight excluding hydrogens is 528 g/mol. The van der Waals surface area contributed by atoms with Crippen LogP contribution in [0.4, 0.5) is 0 Å². The molecule has 0 unspecified atom stereocenters. The number of methoxy groups -OCH3 is 1. The van der Waals surface area contributed by atoms with E-state index < -0.39 is 0 Å². The predicted molar refractivity (Wildman–Crippen MR) is 163 cm³/mol. The summed E-state index contributed by atoms with van der Waals surface area (Å²) in [4.78, 5) is 0. The highest BCUT2D eigenvalue weighted by Crippen LogP contribution is 2.39. The van der Waals surface area contributed by atoms with E-state index in [2.05, 4.69) is 0 Å². The van der Waals surface area contributed by atoms with E-state index in [0.29, 0.717) is 43.4 Å². The van der Waals surface area contributed by atoms with Crippen molar-refractivity contribution in [3.63, 3.8) is 0 Å². The van der Waals surface area contributed by atoms with Crippen LogP contribution < -0.4 is 4.74 Å². The normalized spacial score (nSPS) is 11.0. The summed E-state index contributed by atoms with van der Waals surface area (Å²) in [6.45, 7) is 0. The molecule has 0 saturated carbocycles. The van der Waals surface area contributed by atoms with Crippen LogP contribution in [-0.2, 0) is 32.1 Å². The number of benzene rings is 5. The Balaban J connectivity index is 1.51. The number of hydrogen-bond donors (Lipinski definition) is 5. The molecule has 0 saturated heterocycles. The van der Waals surface area contributed by atoms with Crippen LogP contribution in [0.15, 0.2) is 97.1 Å². The van der Waals surface area contributed by atoms with Crippen molar-refractivity contribution in [2.75, 3.05) is 7.11 Å². The summed E-state index contributed by atoms with van der Waals surface area (Å²) in [5, 5.41) is 50.7. The molecule has 0 atom stereocenters. The Morgan fingerprint density at radius 3 is 1.43 bits per heavy atom. The van der Waals surface area contributed by atoms with Gasteiger partial charge in [-0.3, -0.25) is 0 Å². The van der Waals surface area contributed by atoms with Gasteiger partial charge in [0.1, 0.15) is 34.5 Å². The molecule has 6 heteroatoms. The van der Waals surface area contributed by atoms with Crippen molar-refractivity contribution in [2.24, 2.45) is 0 Å². The second-order valence-electron chi connectivity index (χ2n) is 10.5. The summed E-state index contributed by atoms with van der Waals surface area (Å²) in [6.07, 6.45) is 2.80. The molecule has 0 radical (unpaired) electrons. The molecule has 214 valence electrons. The molecule has 0 aliphatic heterocycles. The van der Waals surface area contributed by atoms with Gasteiger partial charge < -0.3 is 30.3 Å². The first-order valence-electron chi connectivity index (χ1n) is 13.8. The minimum atomic E-state index is 0.129. The Hall–Kier alpha value is -5.10. The van der Waals surface area contributed by atoms with Gasteiger partial charge in [0.2, 0.25) is 0 Å². The van der Waals surface area contributed by atoms with Gasteiger partial charge in [0.25, 0.3) is 0 Å². The third kappa shape index (κ3) is 6.78. The van der Waals surface area contributed by atoms with E-state index in [0.717, 1.165) is 38.9 Å². The predicted octanol–water partition coefficient (Wildman–Crippen LogP) is 6.78. The zero-order valence-electron chi connectivity index (χ0n) is 23.4. The van der Waals surface area contributed by atoms with Crippen molar-refractivity contribution in [3.8, 4) is 34.5 Å². The zero-order chi connectivity index (χ0) is 29.6. The lowest BCUT2D eigenvalue weighted by atomic mass is 9.89. The largest absolute Gasteiger partial charge is 0.508 e. The molecule has 6 nitrogen and oxygen atoms in total. The van der Waals surface area contributed by atoms with Gasteiger partial charge in [0.05, 0.1) is 7.11 Å². The van der Waals surface area contributed by atoms with Crippen LogP contribution in [0, 0.1) is 0 Å². The van der Waals surface area contributed by atoms with Gasteiger partial charge in [0, 0.05) is 24.0 Å². The number of aromatic hydroxyl groups is 5. The Bertz CT molecular complexity index is 1660. The number of hydrogen-bond acceptors (Lipinski definition) is 6. The standard InChI is InChI=1S/C36H34O6/c1-42-36-33(19-24-4-13-30(38)14-5-24)28(22-35(41)34(36)20-25-6-15-31(39)16-7-25)9-8-27-21-32(40)17-10-26(27)18-23-2-11-29(37)12-3-23/h2-7,10-17,21-22,37-41H,8-9,18-20H2,1H3. The molecule has 0 amide bonds. The van der Waals surface area contributed by atoms with E-state index >= 15 is 0 Å². The van der Waals surface area contributed by atoms with Crippen molar-refractivity contribution in [3.05, 3.63) is 142 Å². The summed E-state index contributed by atoms with van der Waals surface area (Å²) >= 11 is 0. The quantitative estimate of drug-likeness (QED) is 0.128. The van der Waals surface area contributed by atoms with Gasteiger partial charge in [-0.05, 0) is 107 Å². The summed E-state index contributed by atoms with van der Waals surface area (Å²) in [5.41, 5.74) is 7.53. The zero-order valence-corrected chi connectivity index (χ0v) is 23.4. The molecule has 0 aromatic heterocycles. The molecule has 0 bridgehead atoms. The Kier molecular flexibility index (Phi) is 8.53. The van der Waals surface area contributed by atoms with E-state index in [9.17, 15) is 25.5 Å². The minimum absolute atomic E-state index is 0.129. The van der Waals surface area contributed by atoms with Gasteiger partial charge in [-0.1, -0.05) is 42.5 Å². The molecular formula is C36H34O6. The molecule has 5 N–H and O–H groups in total. The van der Waals surface area contributed by atoms with Crippen LogP contribution in [0.25, 0.3) is 0 Å². The monoisotopic (exact) mass is 562 g/mol. The lowest BCUT2D eigenvalue weighted by molar-refractivity contribution is 0.395. The van der Waals surface area contributed by atoms with Gasteiger partial charge in [-0.25, -0.2) is 0 Å². The second kappa shape index (κ2) is 12.6. The first-order chi connectivity index (χ1) is 20.3.